The van der Waals surface area contributed by atoms with Gasteiger partial charge in [0, 0.05) is 11.9 Å². The van der Waals surface area contributed by atoms with Gasteiger partial charge in [-0.2, -0.15) is 5.10 Å². The highest BCUT2D eigenvalue weighted by Gasteiger charge is 2.02. The highest BCUT2D eigenvalue weighted by molar-refractivity contribution is 5.89. The van der Waals surface area contributed by atoms with Crippen LogP contribution in [0.5, 0.6) is 0 Å². The van der Waals surface area contributed by atoms with Gasteiger partial charge in [0.1, 0.15) is 0 Å². The van der Waals surface area contributed by atoms with E-state index in [0.29, 0.717) is 0 Å². The second-order valence-electron chi connectivity index (χ2n) is 4.91. The number of aromatic nitrogens is 2. The number of benzene rings is 2. The summed E-state index contributed by atoms with van der Waals surface area (Å²) in [5.74, 6) is 0. The summed E-state index contributed by atoms with van der Waals surface area (Å²) in [4.78, 5) is 0. The summed E-state index contributed by atoms with van der Waals surface area (Å²) in [7, 11) is 0. The average molecular weight is 251 g/mol. The highest BCUT2D eigenvalue weighted by Crippen LogP contribution is 2.21. The van der Waals surface area contributed by atoms with Crippen LogP contribution in [0.3, 0.4) is 0 Å². The highest BCUT2D eigenvalue weighted by atomic mass is 15.1. The van der Waals surface area contributed by atoms with Gasteiger partial charge in [0.05, 0.1) is 17.4 Å². The van der Waals surface area contributed by atoms with Gasteiger partial charge in [0.2, 0.25) is 0 Å². The number of aryl methyl sites for hydroxylation is 2. The van der Waals surface area contributed by atoms with Crippen LogP contribution in [-0.4, -0.2) is 10.2 Å². The predicted octanol–water partition coefficient (Wildman–Crippen LogP) is 3.79. The molecule has 1 aromatic heterocycles. The third-order valence-corrected chi connectivity index (χ3v) is 3.53. The number of hydrogen-bond donors (Lipinski definition) is 2. The third kappa shape index (κ3) is 2.32. The molecule has 0 saturated heterocycles. The van der Waals surface area contributed by atoms with E-state index in [1.54, 1.807) is 0 Å². The number of nitrogens with one attached hydrogen (secondary N) is 2. The molecule has 3 aromatic rings. The van der Waals surface area contributed by atoms with Crippen LogP contribution in [0.25, 0.3) is 10.9 Å². The lowest BCUT2D eigenvalue weighted by molar-refractivity contribution is 1.10. The third-order valence-electron chi connectivity index (χ3n) is 3.53. The Kier molecular flexibility index (Phi) is 2.95. The van der Waals surface area contributed by atoms with Crippen LogP contribution in [0.2, 0.25) is 0 Å². The van der Waals surface area contributed by atoms with Crippen molar-refractivity contribution in [3.05, 3.63) is 59.3 Å². The Bertz CT molecular complexity index is 713. The molecule has 2 aromatic carbocycles. The summed E-state index contributed by atoms with van der Waals surface area (Å²) in [6, 6.07) is 12.7. The first-order valence-corrected chi connectivity index (χ1v) is 6.46. The molecule has 19 heavy (non-hydrogen) atoms. The van der Waals surface area contributed by atoms with E-state index < -0.39 is 0 Å². The first-order chi connectivity index (χ1) is 9.24. The fraction of sp³-hybridized carbons (Fsp3) is 0.188. The number of H-pyrrole nitrogens is 1. The smallest absolute Gasteiger partial charge is 0.0881 e. The van der Waals surface area contributed by atoms with Crippen molar-refractivity contribution in [2.75, 3.05) is 5.32 Å². The molecule has 0 unspecified atom stereocenters. The summed E-state index contributed by atoms with van der Waals surface area (Å²) >= 11 is 0. The Morgan fingerprint density at radius 1 is 1.11 bits per heavy atom. The maximum atomic E-state index is 4.08. The van der Waals surface area contributed by atoms with Gasteiger partial charge in [0.15, 0.2) is 0 Å². The minimum Gasteiger partial charge on any atom is -0.379 e. The van der Waals surface area contributed by atoms with Gasteiger partial charge < -0.3 is 5.32 Å². The molecule has 2 N–H and O–H groups in total. The molecule has 0 bridgehead atoms. The van der Waals surface area contributed by atoms with Crippen LogP contribution in [0.15, 0.2) is 42.6 Å². The molecule has 0 aliphatic carbocycles. The summed E-state index contributed by atoms with van der Waals surface area (Å²) in [5.41, 5.74) is 6.11. The van der Waals surface area contributed by atoms with E-state index >= 15 is 0 Å². The predicted molar refractivity (Wildman–Crippen MR) is 79.3 cm³/mol. The first-order valence-electron chi connectivity index (χ1n) is 6.46. The van der Waals surface area contributed by atoms with Crippen molar-refractivity contribution in [2.24, 2.45) is 0 Å². The van der Waals surface area contributed by atoms with E-state index in [-0.39, 0.29) is 0 Å². The number of hydrogen-bond acceptors (Lipinski definition) is 2. The second-order valence-corrected chi connectivity index (χ2v) is 4.91. The molecule has 96 valence electrons. The van der Waals surface area contributed by atoms with Crippen LogP contribution in [-0.2, 0) is 6.54 Å². The molecule has 0 spiro atoms. The zero-order valence-electron chi connectivity index (χ0n) is 11.2. The van der Waals surface area contributed by atoms with Gasteiger partial charge in [-0.3, -0.25) is 5.10 Å². The normalized spacial score (nSPS) is 10.8. The SMILES string of the molecule is Cc1ccc(CNc2cccc3cn[nH]c23)cc1C. The Balaban J connectivity index is 1.82. The molecule has 1 heterocycles. The molecule has 0 saturated carbocycles. The van der Waals surface area contributed by atoms with Gasteiger partial charge in [-0.05, 0) is 36.6 Å². The van der Waals surface area contributed by atoms with Crippen molar-refractivity contribution < 1.29 is 0 Å². The van der Waals surface area contributed by atoms with Crippen LogP contribution in [0.4, 0.5) is 5.69 Å². The van der Waals surface area contributed by atoms with Gasteiger partial charge in [-0.25, -0.2) is 0 Å². The van der Waals surface area contributed by atoms with E-state index in [0.717, 1.165) is 23.1 Å². The van der Waals surface area contributed by atoms with Crippen LogP contribution in [0, 0.1) is 13.8 Å². The molecule has 0 aliphatic heterocycles. The van der Waals surface area contributed by atoms with Crippen molar-refractivity contribution in [3.8, 4) is 0 Å². The number of nitrogens with zero attached hydrogens (tertiary/aromatic N) is 1. The molecule has 3 heteroatoms. The van der Waals surface area contributed by atoms with Gasteiger partial charge in [-0.15, -0.1) is 0 Å². The van der Waals surface area contributed by atoms with E-state index in [1.165, 1.54) is 16.7 Å². The molecular weight excluding hydrogens is 234 g/mol. The molecule has 3 rings (SSSR count). The Labute approximate surface area is 112 Å². The molecule has 0 aliphatic rings. The monoisotopic (exact) mass is 251 g/mol. The molecule has 0 atom stereocenters. The van der Waals surface area contributed by atoms with Gasteiger partial charge in [-0.1, -0.05) is 30.3 Å². The standard InChI is InChI=1S/C16H17N3/c1-11-6-7-13(8-12(11)2)9-17-15-5-3-4-14-10-18-19-16(14)15/h3-8,10,17H,9H2,1-2H3,(H,18,19). The molecular formula is C16H17N3. The lowest BCUT2D eigenvalue weighted by atomic mass is 10.1. The fourth-order valence-corrected chi connectivity index (χ4v) is 2.23. The summed E-state index contributed by atoms with van der Waals surface area (Å²) < 4.78 is 0. The number of aromatic amines is 1. The fourth-order valence-electron chi connectivity index (χ4n) is 2.23. The van der Waals surface area contributed by atoms with Crippen molar-refractivity contribution in [2.45, 2.75) is 20.4 Å². The van der Waals surface area contributed by atoms with Gasteiger partial charge in [0.25, 0.3) is 0 Å². The molecule has 0 radical (unpaired) electrons. The Morgan fingerprint density at radius 3 is 2.84 bits per heavy atom. The number of fused-ring (bicyclic) bond motifs is 1. The van der Waals surface area contributed by atoms with E-state index in [9.17, 15) is 0 Å². The summed E-state index contributed by atoms with van der Waals surface area (Å²) in [5, 5.41) is 11.7. The summed E-state index contributed by atoms with van der Waals surface area (Å²) in [6.07, 6.45) is 1.84. The van der Waals surface area contributed by atoms with Crippen molar-refractivity contribution in [1.29, 1.82) is 0 Å². The topological polar surface area (TPSA) is 40.7 Å². The van der Waals surface area contributed by atoms with E-state index in [2.05, 4.69) is 59.7 Å². The lowest BCUT2D eigenvalue weighted by Gasteiger charge is -2.09. The number of rotatable bonds is 3. The maximum absolute atomic E-state index is 4.08. The lowest BCUT2D eigenvalue weighted by Crippen LogP contribution is -2.00. The average Bonchev–Trinajstić information content (AvgIpc) is 2.89. The minimum absolute atomic E-state index is 0.819. The number of para-hydroxylation sites is 1. The Hall–Kier alpha value is -2.29. The Morgan fingerprint density at radius 2 is 2.00 bits per heavy atom. The van der Waals surface area contributed by atoms with Crippen LogP contribution in [0.1, 0.15) is 16.7 Å². The largest absolute Gasteiger partial charge is 0.379 e. The molecule has 0 amide bonds. The first kappa shape index (κ1) is 11.8. The zero-order chi connectivity index (χ0) is 13.2. The molecule has 3 nitrogen and oxygen atoms in total. The van der Waals surface area contributed by atoms with Crippen LogP contribution >= 0.6 is 0 Å². The minimum atomic E-state index is 0.819. The van der Waals surface area contributed by atoms with Gasteiger partial charge >= 0.3 is 0 Å². The van der Waals surface area contributed by atoms with Crippen molar-refractivity contribution in [1.82, 2.24) is 10.2 Å². The molecule has 0 fully saturated rings. The maximum Gasteiger partial charge on any atom is 0.0881 e. The zero-order valence-corrected chi connectivity index (χ0v) is 11.2. The van der Waals surface area contributed by atoms with Crippen molar-refractivity contribution >= 4 is 16.6 Å². The van der Waals surface area contributed by atoms with E-state index in [1.807, 2.05) is 12.3 Å². The van der Waals surface area contributed by atoms with Crippen LogP contribution < -0.4 is 5.32 Å². The van der Waals surface area contributed by atoms with Crippen molar-refractivity contribution in [3.63, 3.8) is 0 Å². The second kappa shape index (κ2) is 4.76. The quantitative estimate of drug-likeness (QED) is 0.743. The summed E-state index contributed by atoms with van der Waals surface area (Å²) in [6.45, 7) is 5.10. The van der Waals surface area contributed by atoms with E-state index in [4.69, 9.17) is 0 Å². The number of anilines is 1.